The summed E-state index contributed by atoms with van der Waals surface area (Å²) in [5.41, 5.74) is 1.17. The van der Waals surface area contributed by atoms with Gasteiger partial charge in [0.1, 0.15) is 5.75 Å². The zero-order valence-corrected chi connectivity index (χ0v) is 11.0. The van der Waals surface area contributed by atoms with E-state index in [1.807, 2.05) is 18.2 Å². The van der Waals surface area contributed by atoms with Crippen molar-refractivity contribution >= 4 is 0 Å². The zero-order valence-electron chi connectivity index (χ0n) is 11.0. The molecule has 1 rings (SSSR count). The molecule has 1 aromatic carbocycles. The van der Waals surface area contributed by atoms with Crippen LogP contribution in [-0.4, -0.2) is 26.9 Å². The van der Waals surface area contributed by atoms with Gasteiger partial charge in [0.2, 0.25) is 0 Å². The summed E-state index contributed by atoms with van der Waals surface area (Å²) in [7, 11) is 1.72. The van der Waals surface area contributed by atoms with Crippen LogP contribution in [0.2, 0.25) is 0 Å². The lowest BCUT2D eigenvalue weighted by Gasteiger charge is -2.20. The topological polar surface area (TPSA) is 30.5 Å². The van der Waals surface area contributed by atoms with E-state index in [0.29, 0.717) is 6.61 Å². The summed E-state index contributed by atoms with van der Waals surface area (Å²) in [5.74, 6) is 0.956. The first-order valence-corrected chi connectivity index (χ1v) is 6.27. The number of rotatable bonds is 8. The molecule has 1 aromatic rings. The summed E-state index contributed by atoms with van der Waals surface area (Å²) in [4.78, 5) is 0. The summed E-state index contributed by atoms with van der Waals surface area (Å²) < 4.78 is 11.0. The van der Waals surface area contributed by atoms with Crippen LogP contribution in [0.15, 0.2) is 24.3 Å². The Morgan fingerprint density at radius 1 is 1.24 bits per heavy atom. The van der Waals surface area contributed by atoms with Crippen molar-refractivity contribution in [3.8, 4) is 5.75 Å². The molecule has 0 aliphatic rings. The fourth-order valence-electron chi connectivity index (χ4n) is 1.78. The molecule has 0 heterocycles. The number of ether oxygens (including phenoxy) is 2. The molecule has 0 amide bonds. The molecule has 0 saturated carbocycles. The van der Waals surface area contributed by atoms with Crippen LogP contribution in [0.4, 0.5) is 0 Å². The van der Waals surface area contributed by atoms with Crippen LogP contribution in [0.3, 0.4) is 0 Å². The van der Waals surface area contributed by atoms with Crippen molar-refractivity contribution < 1.29 is 9.47 Å². The van der Waals surface area contributed by atoms with Crippen molar-refractivity contribution in [2.45, 2.75) is 26.3 Å². The number of para-hydroxylation sites is 1. The normalized spacial score (nSPS) is 12.4. The zero-order chi connectivity index (χ0) is 12.5. The third-order valence-corrected chi connectivity index (χ3v) is 2.54. The van der Waals surface area contributed by atoms with Gasteiger partial charge in [-0.05, 0) is 19.0 Å². The Bertz CT molecular complexity index is 309. The molecular formula is C14H23NO2. The molecule has 0 aliphatic carbocycles. The van der Waals surface area contributed by atoms with E-state index in [1.165, 1.54) is 5.56 Å². The molecule has 3 heteroatoms. The van der Waals surface area contributed by atoms with E-state index in [4.69, 9.17) is 9.47 Å². The highest BCUT2D eigenvalue weighted by Gasteiger charge is 2.14. The number of benzene rings is 1. The smallest absolute Gasteiger partial charge is 0.124 e. The number of nitrogens with one attached hydrogen (secondary N) is 1. The van der Waals surface area contributed by atoms with Gasteiger partial charge in [0.25, 0.3) is 0 Å². The largest absolute Gasteiger partial charge is 0.493 e. The maximum Gasteiger partial charge on any atom is 0.124 e. The highest BCUT2D eigenvalue weighted by atomic mass is 16.5. The van der Waals surface area contributed by atoms with Gasteiger partial charge in [0.05, 0.1) is 19.3 Å². The molecule has 17 heavy (non-hydrogen) atoms. The minimum Gasteiger partial charge on any atom is -0.493 e. The summed E-state index contributed by atoms with van der Waals surface area (Å²) >= 11 is 0. The Morgan fingerprint density at radius 2 is 2.00 bits per heavy atom. The van der Waals surface area contributed by atoms with Crippen LogP contribution in [-0.2, 0) is 4.74 Å². The number of methoxy groups -OCH3 is 1. The van der Waals surface area contributed by atoms with Crippen molar-refractivity contribution in [3.63, 3.8) is 0 Å². The molecule has 0 spiro atoms. The Labute approximate surface area is 104 Å². The average Bonchev–Trinajstić information content (AvgIpc) is 2.36. The summed E-state index contributed by atoms with van der Waals surface area (Å²) in [5, 5.41) is 3.41. The summed E-state index contributed by atoms with van der Waals surface area (Å²) in [6.07, 6.45) is 1.02. The van der Waals surface area contributed by atoms with E-state index in [0.717, 1.165) is 25.3 Å². The SMILES string of the molecule is CCCOc1ccccc1C(COC)NCC. The van der Waals surface area contributed by atoms with Crippen LogP contribution in [0.25, 0.3) is 0 Å². The molecule has 1 N–H and O–H groups in total. The number of hydrogen-bond acceptors (Lipinski definition) is 3. The van der Waals surface area contributed by atoms with E-state index in [1.54, 1.807) is 7.11 Å². The Morgan fingerprint density at radius 3 is 2.65 bits per heavy atom. The molecule has 0 fully saturated rings. The maximum atomic E-state index is 5.76. The van der Waals surface area contributed by atoms with Gasteiger partial charge >= 0.3 is 0 Å². The van der Waals surface area contributed by atoms with Crippen LogP contribution in [0.1, 0.15) is 31.9 Å². The predicted molar refractivity (Wildman–Crippen MR) is 70.5 cm³/mol. The average molecular weight is 237 g/mol. The van der Waals surface area contributed by atoms with E-state index < -0.39 is 0 Å². The fourth-order valence-corrected chi connectivity index (χ4v) is 1.78. The summed E-state index contributed by atoms with van der Waals surface area (Å²) in [6, 6.07) is 8.35. The van der Waals surface area contributed by atoms with Crippen LogP contribution < -0.4 is 10.1 Å². The summed E-state index contributed by atoms with van der Waals surface area (Å²) in [6.45, 7) is 6.52. The molecule has 0 bridgehead atoms. The standard InChI is InChI=1S/C14H23NO2/c1-4-10-17-14-9-7-6-8-12(14)13(11-16-3)15-5-2/h6-9,13,15H,4-5,10-11H2,1-3H3. The third kappa shape index (κ3) is 4.36. The second-order valence-corrected chi connectivity index (χ2v) is 3.95. The molecule has 3 nitrogen and oxygen atoms in total. The Hall–Kier alpha value is -1.06. The van der Waals surface area contributed by atoms with Crippen molar-refractivity contribution in [1.29, 1.82) is 0 Å². The van der Waals surface area contributed by atoms with Gasteiger partial charge in [-0.15, -0.1) is 0 Å². The monoisotopic (exact) mass is 237 g/mol. The first-order valence-electron chi connectivity index (χ1n) is 6.27. The first kappa shape index (κ1) is 14.0. The van der Waals surface area contributed by atoms with Crippen LogP contribution in [0.5, 0.6) is 5.75 Å². The fraction of sp³-hybridized carbons (Fsp3) is 0.571. The van der Waals surface area contributed by atoms with Crippen molar-refractivity contribution in [2.24, 2.45) is 0 Å². The van der Waals surface area contributed by atoms with Gasteiger partial charge in [0, 0.05) is 12.7 Å². The Balaban J connectivity index is 2.83. The third-order valence-electron chi connectivity index (χ3n) is 2.54. The molecular weight excluding hydrogens is 214 g/mol. The van der Waals surface area contributed by atoms with Gasteiger partial charge in [0.15, 0.2) is 0 Å². The van der Waals surface area contributed by atoms with Gasteiger partial charge in [-0.3, -0.25) is 0 Å². The first-order chi connectivity index (χ1) is 8.33. The van der Waals surface area contributed by atoms with Gasteiger partial charge in [-0.2, -0.15) is 0 Å². The minimum absolute atomic E-state index is 0.193. The van der Waals surface area contributed by atoms with Crippen molar-refractivity contribution in [3.05, 3.63) is 29.8 Å². The highest BCUT2D eigenvalue weighted by molar-refractivity contribution is 5.36. The van der Waals surface area contributed by atoms with E-state index in [-0.39, 0.29) is 6.04 Å². The van der Waals surface area contributed by atoms with Crippen molar-refractivity contribution in [1.82, 2.24) is 5.32 Å². The second-order valence-electron chi connectivity index (χ2n) is 3.95. The predicted octanol–water partition coefficient (Wildman–Crippen LogP) is 2.77. The second kappa shape index (κ2) is 8.09. The van der Waals surface area contributed by atoms with E-state index in [2.05, 4.69) is 25.2 Å². The molecule has 0 saturated heterocycles. The molecule has 1 atom stereocenters. The molecule has 0 aliphatic heterocycles. The van der Waals surface area contributed by atoms with E-state index >= 15 is 0 Å². The lowest BCUT2D eigenvalue weighted by molar-refractivity contribution is 0.165. The highest BCUT2D eigenvalue weighted by Crippen LogP contribution is 2.25. The van der Waals surface area contributed by atoms with Gasteiger partial charge in [-0.1, -0.05) is 32.0 Å². The van der Waals surface area contributed by atoms with Crippen LogP contribution in [0, 0.1) is 0 Å². The quantitative estimate of drug-likeness (QED) is 0.754. The molecule has 96 valence electrons. The Kier molecular flexibility index (Phi) is 6.67. The molecule has 0 radical (unpaired) electrons. The van der Waals surface area contributed by atoms with E-state index in [9.17, 15) is 0 Å². The number of hydrogen-bond donors (Lipinski definition) is 1. The van der Waals surface area contributed by atoms with Crippen molar-refractivity contribution in [2.75, 3.05) is 26.9 Å². The van der Waals surface area contributed by atoms with Gasteiger partial charge < -0.3 is 14.8 Å². The molecule has 0 aromatic heterocycles. The van der Waals surface area contributed by atoms with Crippen LogP contribution >= 0.6 is 0 Å². The molecule has 1 unspecified atom stereocenters. The number of likely N-dealkylation sites (N-methyl/N-ethyl adjacent to an activating group) is 1. The van der Waals surface area contributed by atoms with Gasteiger partial charge in [-0.25, -0.2) is 0 Å². The lowest BCUT2D eigenvalue weighted by atomic mass is 10.1. The maximum absolute atomic E-state index is 5.76. The lowest BCUT2D eigenvalue weighted by Crippen LogP contribution is -2.25. The minimum atomic E-state index is 0.193.